The van der Waals surface area contributed by atoms with Crippen LogP contribution in [0.3, 0.4) is 0 Å². The highest BCUT2D eigenvalue weighted by atomic mass is 16.7. The average Bonchev–Trinajstić information content (AvgIpc) is 3.12. The van der Waals surface area contributed by atoms with E-state index in [2.05, 4.69) is 0 Å². The SMILES string of the molecule is CO[C@@H]1[C@@H](OC)[C@H](C)O[C@@H](OC2Cc3ccc(C(=O)C=CN(C)C)cc3C2)[C@@H]1OC. The molecule has 1 fully saturated rings. The van der Waals surface area contributed by atoms with Crippen molar-refractivity contribution in [3.8, 4) is 0 Å². The topological polar surface area (TPSA) is 66.5 Å². The average molecular weight is 420 g/mol. The van der Waals surface area contributed by atoms with Gasteiger partial charge in [0.1, 0.15) is 18.3 Å². The number of carbonyl (C=O) groups is 1. The van der Waals surface area contributed by atoms with Gasteiger partial charge in [-0.3, -0.25) is 4.79 Å². The maximum absolute atomic E-state index is 12.4. The van der Waals surface area contributed by atoms with Crippen molar-refractivity contribution in [3.63, 3.8) is 0 Å². The van der Waals surface area contributed by atoms with Gasteiger partial charge in [0.2, 0.25) is 0 Å². The number of nitrogens with zero attached hydrogens (tertiary/aromatic N) is 1. The molecule has 0 saturated carbocycles. The van der Waals surface area contributed by atoms with Crippen molar-refractivity contribution in [3.05, 3.63) is 47.2 Å². The van der Waals surface area contributed by atoms with E-state index in [0.717, 1.165) is 18.4 Å². The summed E-state index contributed by atoms with van der Waals surface area (Å²) in [7, 11) is 8.69. The minimum Gasteiger partial charge on any atom is -0.383 e. The largest absolute Gasteiger partial charge is 0.383 e. The van der Waals surface area contributed by atoms with Gasteiger partial charge in [-0.25, -0.2) is 0 Å². The summed E-state index contributed by atoms with van der Waals surface area (Å²) < 4.78 is 29.3. The standard InChI is InChI=1S/C23H33NO6/c1-14-20(26-4)21(27-5)22(28-6)23(29-14)30-18-12-15-7-8-16(11-17(15)13-18)19(25)9-10-24(2)3/h7-11,14,18,20-23H,12-13H2,1-6H3/t14-,18?,20-,21+,22+,23-/m0/s1. The molecule has 166 valence electrons. The fourth-order valence-corrected chi connectivity index (χ4v) is 4.25. The van der Waals surface area contributed by atoms with E-state index in [1.807, 2.05) is 44.1 Å². The van der Waals surface area contributed by atoms with Crippen LogP contribution >= 0.6 is 0 Å². The number of fused-ring (bicyclic) bond motifs is 1. The highest BCUT2D eigenvalue weighted by Gasteiger charge is 2.47. The molecule has 0 radical (unpaired) electrons. The number of allylic oxidation sites excluding steroid dienone is 1. The van der Waals surface area contributed by atoms with Gasteiger partial charge < -0.3 is 28.6 Å². The smallest absolute Gasteiger partial charge is 0.187 e. The zero-order valence-corrected chi connectivity index (χ0v) is 18.7. The van der Waals surface area contributed by atoms with E-state index in [1.54, 1.807) is 33.6 Å². The molecule has 1 aromatic carbocycles. The third kappa shape index (κ3) is 4.92. The van der Waals surface area contributed by atoms with Crippen LogP contribution in [-0.4, -0.2) is 82.9 Å². The Morgan fingerprint density at radius 2 is 1.70 bits per heavy atom. The molecule has 30 heavy (non-hydrogen) atoms. The maximum atomic E-state index is 12.4. The molecule has 0 aromatic heterocycles. The Labute approximate surface area is 178 Å². The quantitative estimate of drug-likeness (QED) is 0.473. The van der Waals surface area contributed by atoms with E-state index < -0.39 is 12.4 Å². The van der Waals surface area contributed by atoms with Gasteiger partial charge in [-0.15, -0.1) is 0 Å². The third-order valence-corrected chi connectivity index (χ3v) is 5.78. The zero-order chi connectivity index (χ0) is 21.8. The number of hydrogen-bond donors (Lipinski definition) is 0. The van der Waals surface area contributed by atoms with Crippen LogP contribution < -0.4 is 0 Å². The molecule has 1 aliphatic heterocycles. The van der Waals surface area contributed by atoms with Crippen molar-refractivity contribution in [1.82, 2.24) is 4.90 Å². The highest BCUT2D eigenvalue weighted by molar-refractivity contribution is 6.04. The molecular weight excluding hydrogens is 386 g/mol. The molecule has 7 heteroatoms. The minimum atomic E-state index is -0.551. The first-order chi connectivity index (χ1) is 14.4. The molecule has 0 N–H and O–H groups in total. The van der Waals surface area contributed by atoms with Crippen molar-refractivity contribution < 1.29 is 28.5 Å². The molecule has 6 atom stereocenters. The lowest BCUT2D eigenvalue weighted by Crippen LogP contribution is -2.59. The molecule has 2 aliphatic rings. The molecule has 1 aliphatic carbocycles. The van der Waals surface area contributed by atoms with Crippen molar-refractivity contribution >= 4 is 5.78 Å². The molecule has 0 bridgehead atoms. The number of ketones is 1. The van der Waals surface area contributed by atoms with Crippen LogP contribution in [0.1, 0.15) is 28.4 Å². The summed E-state index contributed by atoms with van der Waals surface area (Å²) in [5.41, 5.74) is 3.02. The van der Waals surface area contributed by atoms with E-state index in [9.17, 15) is 4.79 Å². The highest BCUT2D eigenvalue weighted by Crippen LogP contribution is 2.32. The van der Waals surface area contributed by atoms with Gasteiger partial charge in [-0.05, 0) is 37.0 Å². The van der Waals surface area contributed by atoms with Gasteiger partial charge >= 0.3 is 0 Å². The fraction of sp³-hybridized carbons (Fsp3) is 0.609. The van der Waals surface area contributed by atoms with Crippen LogP contribution in [0.25, 0.3) is 0 Å². The van der Waals surface area contributed by atoms with E-state index in [-0.39, 0.29) is 30.2 Å². The van der Waals surface area contributed by atoms with Crippen molar-refractivity contribution in [2.24, 2.45) is 0 Å². The van der Waals surface area contributed by atoms with E-state index in [0.29, 0.717) is 5.56 Å². The molecule has 1 heterocycles. The second kappa shape index (κ2) is 10.0. The minimum absolute atomic E-state index is 0.00621. The number of carbonyl (C=O) groups excluding carboxylic acids is 1. The van der Waals surface area contributed by atoms with Gasteiger partial charge in [0.05, 0.1) is 12.2 Å². The first-order valence-electron chi connectivity index (χ1n) is 10.3. The van der Waals surface area contributed by atoms with Crippen LogP contribution in [0.4, 0.5) is 0 Å². The molecule has 3 rings (SSSR count). The van der Waals surface area contributed by atoms with Crippen LogP contribution in [0.15, 0.2) is 30.5 Å². The predicted octanol–water partition coefficient (Wildman–Crippen LogP) is 2.22. The van der Waals surface area contributed by atoms with Gasteiger partial charge in [0, 0.05) is 53.3 Å². The third-order valence-electron chi connectivity index (χ3n) is 5.78. The van der Waals surface area contributed by atoms with Crippen molar-refractivity contribution in [2.75, 3.05) is 35.4 Å². The molecule has 1 aromatic rings. The number of rotatable bonds is 8. The van der Waals surface area contributed by atoms with Crippen LogP contribution in [0.5, 0.6) is 0 Å². The number of ether oxygens (including phenoxy) is 5. The Hall–Kier alpha value is -1.77. The molecule has 7 nitrogen and oxygen atoms in total. The first kappa shape index (κ1) is 22.9. The Kier molecular flexibility index (Phi) is 7.65. The number of benzene rings is 1. The van der Waals surface area contributed by atoms with Crippen molar-refractivity contribution in [1.29, 1.82) is 0 Å². The van der Waals surface area contributed by atoms with E-state index in [4.69, 9.17) is 23.7 Å². The summed E-state index contributed by atoms with van der Waals surface area (Å²) in [4.78, 5) is 14.2. The van der Waals surface area contributed by atoms with Crippen LogP contribution in [0, 0.1) is 0 Å². The predicted molar refractivity (Wildman–Crippen MR) is 113 cm³/mol. The van der Waals surface area contributed by atoms with Crippen LogP contribution in [-0.2, 0) is 36.5 Å². The lowest BCUT2D eigenvalue weighted by molar-refractivity contribution is -0.314. The van der Waals surface area contributed by atoms with Crippen LogP contribution in [0.2, 0.25) is 0 Å². The summed E-state index contributed by atoms with van der Waals surface area (Å²) in [6.07, 6.45) is 3.14. The summed E-state index contributed by atoms with van der Waals surface area (Å²) in [5.74, 6) is -0.00621. The Morgan fingerprint density at radius 3 is 2.33 bits per heavy atom. The van der Waals surface area contributed by atoms with E-state index in [1.165, 1.54) is 5.56 Å². The molecule has 1 saturated heterocycles. The van der Waals surface area contributed by atoms with Crippen molar-refractivity contribution in [2.45, 2.75) is 56.6 Å². The van der Waals surface area contributed by atoms with Gasteiger partial charge in [0.15, 0.2) is 12.1 Å². The lowest BCUT2D eigenvalue weighted by Gasteiger charge is -2.44. The summed E-state index contributed by atoms with van der Waals surface area (Å²) in [6, 6.07) is 5.87. The second-order valence-corrected chi connectivity index (χ2v) is 8.10. The second-order valence-electron chi connectivity index (χ2n) is 8.10. The molecule has 1 unspecified atom stereocenters. The summed E-state index contributed by atoms with van der Waals surface area (Å²) in [5, 5.41) is 0. The molecule has 0 amide bonds. The number of hydrogen-bond acceptors (Lipinski definition) is 7. The summed E-state index contributed by atoms with van der Waals surface area (Å²) in [6.45, 7) is 1.95. The fourth-order valence-electron chi connectivity index (χ4n) is 4.25. The normalized spacial score (nSPS) is 31.1. The Balaban J connectivity index is 1.68. The lowest BCUT2D eigenvalue weighted by atomic mass is 9.99. The Bertz CT molecular complexity index is 764. The van der Waals surface area contributed by atoms with Gasteiger partial charge in [0.25, 0.3) is 0 Å². The summed E-state index contributed by atoms with van der Waals surface area (Å²) >= 11 is 0. The zero-order valence-electron chi connectivity index (χ0n) is 18.7. The van der Waals surface area contributed by atoms with Gasteiger partial charge in [-0.1, -0.05) is 12.1 Å². The molecule has 0 spiro atoms. The first-order valence-corrected chi connectivity index (χ1v) is 10.3. The molecular formula is C23H33NO6. The van der Waals surface area contributed by atoms with Gasteiger partial charge in [-0.2, -0.15) is 0 Å². The number of methoxy groups -OCH3 is 3. The monoisotopic (exact) mass is 419 g/mol. The maximum Gasteiger partial charge on any atom is 0.187 e. The Morgan fingerprint density at radius 1 is 1.03 bits per heavy atom. The van der Waals surface area contributed by atoms with E-state index >= 15 is 0 Å².